The molecule has 30 heavy (non-hydrogen) atoms. The van der Waals surface area contributed by atoms with Crippen molar-refractivity contribution in [1.29, 1.82) is 0 Å². The smallest absolute Gasteiger partial charge is 0.229 e. The Kier molecular flexibility index (Phi) is 5.54. The van der Waals surface area contributed by atoms with E-state index in [-0.39, 0.29) is 27.7 Å². The standard InChI is InChI=1S/C21H19FO8/c22-11-3-1-10(2-4-11)14-9-28-15-7-12(5-6-13(15)17(14)24)29-21-20(27)19(26)18(25)16(8-23)30-21/h1-7,9,16,18-21,23,25-27H,8H2. The summed E-state index contributed by atoms with van der Waals surface area (Å²) in [4.78, 5) is 12.8. The number of halogens is 1. The lowest BCUT2D eigenvalue weighted by Gasteiger charge is -2.39. The summed E-state index contributed by atoms with van der Waals surface area (Å²) in [5.74, 6) is -0.247. The van der Waals surface area contributed by atoms with Crippen LogP contribution in [0.4, 0.5) is 4.39 Å². The third-order valence-electron chi connectivity index (χ3n) is 5.00. The fourth-order valence-electron chi connectivity index (χ4n) is 3.31. The minimum atomic E-state index is -1.57. The number of benzene rings is 2. The quantitative estimate of drug-likeness (QED) is 0.489. The van der Waals surface area contributed by atoms with Crippen molar-refractivity contribution < 1.29 is 38.7 Å². The molecule has 1 aliphatic heterocycles. The Balaban J connectivity index is 1.62. The molecule has 2 aromatic carbocycles. The molecule has 1 fully saturated rings. The molecule has 0 aliphatic carbocycles. The number of hydrogen-bond donors (Lipinski definition) is 4. The highest BCUT2D eigenvalue weighted by Crippen LogP contribution is 2.27. The molecule has 8 nitrogen and oxygen atoms in total. The van der Waals surface area contributed by atoms with Crippen LogP contribution >= 0.6 is 0 Å². The number of ether oxygens (including phenoxy) is 2. The van der Waals surface area contributed by atoms with Crippen molar-refractivity contribution in [2.45, 2.75) is 30.7 Å². The molecule has 5 unspecified atom stereocenters. The molecule has 4 rings (SSSR count). The monoisotopic (exact) mass is 418 g/mol. The Bertz CT molecular complexity index is 1090. The van der Waals surface area contributed by atoms with E-state index in [2.05, 4.69) is 0 Å². The zero-order chi connectivity index (χ0) is 21.4. The summed E-state index contributed by atoms with van der Waals surface area (Å²) in [7, 11) is 0. The van der Waals surface area contributed by atoms with Crippen LogP contribution in [0.5, 0.6) is 5.75 Å². The van der Waals surface area contributed by atoms with Crippen molar-refractivity contribution in [3.63, 3.8) is 0 Å². The summed E-state index contributed by atoms with van der Waals surface area (Å²) in [6, 6.07) is 9.77. The van der Waals surface area contributed by atoms with Gasteiger partial charge in [-0.25, -0.2) is 4.39 Å². The molecule has 0 radical (unpaired) electrons. The maximum absolute atomic E-state index is 13.1. The number of hydrogen-bond acceptors (Lipinski definition) is 8. The van der Waals surface area contributed by atoms with Gasteiger partial charge >= 0.3 is 0 Å². The molecule has 5 atom stereocenters. The van der Waals surface area contributed by atoms with Gasteiger partial charge in [-0.05, 0) is 29.8 Å². The average molecular weight is 418 g/mol. The third kappa shape index (κ3) is 3.69. The molecular formula is C21H19FO8. The zero-order valence-corrected chi connectivity index (χ0v) is 15.5. The highest BCUT2D eigenvalue weighted by molar-refractivity contribution is 5.82. The van der Waals surface area contributed by atoms with Crippen LogP contribution in [0.1, 0.15) is 0 Å². The van der Waals surface area contributed by atoms with Crippen LogP contribution < -0.4 is 10.2 Å². The number of aliphatic hydroxyl groups is 4. The molecule has 1 aliphatic rings. The van der Waals surface area contributed by atoms with Crippen molar-refractivity contribution in [1.82, 2.24) is 0 Å². The summed E-state index contributed by atoms with van der Waals surface area (Å²) < 4.78 is 29.5. The maximum atomic E-state index is 13.1. The Hall–Kier alpha value is -2.82. The second kappa shape index (κ2) is 8.13. The van der Waals surface area contributed by atoms with Crippen molar-refractivity contribution in [3.05, 3.63) is 64.8 Å². The molecular weight excluding hydrogens is 399 g/mol. The fraction of sp³-hybridized carbons (Fsp3) is 0.286. The zero-order valence-electron chi connectivity index (χ0n) is 15.5. The Morgan fingerprint density at radius 2 is 1.73 bits per heavy atom. The van der Waals surface area contributed by atoms with E-state index in [4.69, 9.17) is 13.9 Å². The van der Waals surface area contributed by atoms with Crippen LogP contribution in [0.15, 0.2) is 57.9 Å². The highest BCUT2D eigenvalue weighted by atomic mass is 19.1. The van der Waals surface area contributed by atoms with Gasteiger partial charge in [0.1, 0.15) is 47.8 Å². The molecule has 3 aromatic rings. The van der Waals surface area contributed by atoms with Crippen molar-refractivity contribution >= 4 is 11.0 Å². The van der Waals surface area contributed by atoms with Crippen LogP contribution in [-0.4, -0.2) is 57.7 Å². The predicted octanol–water partition coefficient (Wildman–Crippen LogP) is 0.778. The van der Waals surface area contributed by atoms with E-state index in [9.17, 15) is 29.6 Å². The molecule has 2 heterocycles. The molecule has 1 aromatic heterocycles. The van der Waals surface area contributed by atoms with Gasteiger partial charge in [0.15, 0.2) is 5.43 Å². The second-order valence-electron chi connectivity index (χ2n) is 6.96. The van der Waals surface area contributed by atoms with E-state index in [0.717, 1.165) is 0 Å². The first-order chi connectivity index (χ1) is 14.4. The van der Waals surface area contributed by atoms with Crippen molar-refractivity contribution in [3.8, 4) is 16.9 Å². The summed E-state index contributed by atoms with van der Waals surface area (Å²) in [5, 5.41) is 39.3. The van der Waals surface area contributed by atoms with Crippen LogP contribution in [0.2, 0.25) is 0 Å². The summed E-state index contributed by atoms with van der Waals surface area (Å²) in [5.41, 5.74) is 0.661. The SMILES string of the molecule is O=c1c(-c2ccc(F)cc2)coc2cc(OC3OC(CO)C(O)C(O)C3O)ccc12. The number of aliphatic hydroxyl groups excluding tert-OH is 4. The lowest BCUT2D eigenvalue weighted by atomic mass is 9.99. The van der Waals surface area contributed by atoms with E-state index in [1.165, 1.54) is 48.7 Å². The van der Waals surface area contributed by atoms with Crippen LogP contribution in [0.3, 0.4) is 0 Å². The van der Waals surface area contributed by atoms with Crippen LogP contribution in [-0.2, 0) is 4.74 Å². The molecule has 0 spiro atoms. The minimum Gasteiger partial charge on any atom is -0.463 e. The maximum Gasteiger partial charge on any atom is 0.229 e. The first-order valence-electron chi connectivity index (χ1n) is 9.17. The van der Waals surface area contributed by atoms with E-state index in [1.54, 1.807) is 0 Å². The number of fused-ring (bicyclic) bond motifs is 1. The highest BCUT2D eigenvalue weighted by Gasteiger charge is 2.44. The first-order valence-corrected chi connectivity index (χ1v) is 9.17. The fourth-order valence-corrected chi connectivity index (χ4v) is 3.31. The molecule has 0 amide bonds. The lowest BCUT2D eigenvalue weighted by Crippen LogP contribution is -2.60. The van der Waals surface area contributed by atoms with Gasteiger partial charge in [-0.15, -0.1) is 0 Å². The van der Waals surface area contributed by atoms with Gasteiger partial charge in [0.2, 0.25) is 6.29 Å². The topological polar surface area (TPSA) is 130 Å². The van der Waals surface area contributed by atoms with Gasteiger partial charge in [-0.2, -0.15) is 0 Å². The lowest BCUT2D eigenvalue weighted by molar-refractivity contribution is -0.277. The van der Waals surface area contributed by atoms with E-state index in [0.29, 0.717) is 5.56 Å². The van der Waals surface area contributed by atoms with E-state index >= 15 is 0 Å². The molecule has 9 heteroatoms. The van der Waals surface area contributed by atoms with Gasteiger partial charge in [0, 0.05) is 6.07 Å². The van der Waals surface area contributed by atoms with Gasteiger partial charge in [0.25, 0.3) is 0 Å². The van der Waals surface area contributed by atoms with Gasteiger partial charge < -0.3 is 34.3 Å². The molecule has 158 valence electrons. The second-order valence-corrected chi connectivity index (χ2v) is 6.96. The average Bonchev–Trinajstić information content (AvgIpc) is 2.75. The molecule has 0 bridgehead atoms. The van der Waals surface area contributed by atoms with Gasteiger partial charge in [-0.3, -0.25) is 4.79 Å². The first kappa shape index (κ1) is 20.5. The molecule has 4 N–H and O–H groups in total. The Morgan fingerprint density at radius 3 is 2.43 bits per heavy atom. The van der Waals surface area contributed by atoms with Gasteiger partial charge in [-0.1, -0.05) is 12.1 Å². The normalized spacial score (nSPS) is 26.6. The van der Waals surface area contributed by atoms with Crippen molar-refractivity contribution in [2.75, 3.05) is 6.61 Å². The summed E-state index contributed by atoms with van der Waals surface area (Å²) >= 11 is 0. The summed E-state index contributed by atoms with van der Waals surface area (Å²) in [6.45, 7) is -0.580. The molecule has 0 saturated carbocycles. The summed E-state index contributed by atoms with van der Waals surface area (Å²) in [6.07, 6.45) is -5.84. The predicted molar refractivity (Wildman–Crippen MR) is 102 cm³/mol. The van der Waals surface area contributed by atoms with E-state index in [1.807, 2.05) is 0 Å². The third-order valence-corrected chi connectivity index (χ3v) is 5.00. The molecule has 1 saturated heterocycles. The minimum absolute atomic E-state index is 0.171. The van der Waals surface area contributed by atoms with Crippen molar-refractivity contribution in [2.24, 2.45) is 0 Å². The van der Waals surface area contributed by atoms with Gasteiger partial charge in [0.05, 0.1) is 17.6 Å². The largest absolute Gasteiger partial charge is 0.463 e. The number of rotatable bonds is 4. The Morgan fingerprint density at radius 1 is 1.00 bits per heavy atom. The Labute approximate surface area is 169 Å². The van der Waals surface area contributed by atoms with E-state index < -0.39 is 43.1 Å². The van der Waals surface area contributed by atoms with Crippen LogP contribution in [0.25, 0.3) is 22.1 Å². The van der Waals surface area contributed by atoms with Crippen LogP contribution in [0, 0.1) is 5.82 Å².